The number of hydrogen-bond donors (Lipinski definition) is 0. The summed E-state index contributed by atoms with van der Waals surface area (Å²) >= 11 is 0. The Kier molecular flexibility index (Phi) is 6.82. The van der Waals surface area contributed by atoms with E-state index in [4.69, 9.17) is 14.2 Å². The second-order valence-electron chi connectivity index (χ2n) is 7.48. The molecule has 1 heterocycles. The monoisotopic (exact) mass is 474 g/mol. The Morgan fingerprint density at radius 3 is 2.09 bits per heavy atom. The van der Waals surface area contributed by atoms with E-state index in [9.17, 15) is 14.0 Å². The number of ether oxygens (including phenoxy) is 3. The molecule has 0 unspecified atom stereocenters. The Morgan fingerprint density at radius 2 is 1.51 bits per heavy atom. The summed E-state index contributed by atoms with van der Waals surface area (Å²) in [5, 5.41) is 0. The second kappa shape index (κ2) is 10.1. The topological polar surface area (TPSA) is 71.7 Å². The van der Waals surface area contributed by atoms with E-state index in [0.717, 1.165) is 4.57 Å². The van der Waals surface area contributed by atoms with Crippen molar-refractivity contribution >= 4 is 12.0 Å². The number of imidazole rings is 1. The van der Waals surface area contributed by atoms with Crippen LogP contribution in [0.2, 0.25) is 0 Å². The third-order valence-corrected chi connectivity index (χ3v) is 5.39. The van der Waals surface area contributed by atoms with Crippen molar-refractivity contribution in [2.75, 3.05) is 21.3 Å². The molecule has 0 aliphatic rings. The Balaban J connectivity index is 1.89. The molecule has 7 nitrogen and oxygen atoms in total. The maximum absolute atomic E-state index is 13.4. The number of para-hydroxylation sites is 1. The van der Waals surface area contributed by atoms with Crippen molar-refractivity contribution in [3.05, 3.63) is 101 Å². The fourth-order valence-corrected chi connectivity index (χ4v) is 3.68. The third kappa shape index (κ3) is 4.72. The van der Waals surface area contributed by atoms with Crippen LogP contribution >= 0.6 is 0 Å². The van der Waals surface area contributed by atoms with Crippen molar-refractivity contribution in [3.63, 3.8) is 0 Å². The van der Waals surface area contributed by atoms with Crippen molar-refractivity contribution in [2.24, 2.45) is 0 Å². The summed E-state index contributed by atoms with van der Waals surface area (Å²) in [7, 11) is 4.46. The van der Waals surface area contributed by atoms with Gasteiger partial charge < -0.3 is 14.2 Å². The molecular formula is C27H23FN2O5. The average Bonchev–Trinajstić information content (AvgIpc) is 3.24. The fraction of sp³-hybridized carbons (Fsp3) is 0.111. The molecule has 0 fully saturated rings. The van der Waals surface area contributed by atoms with Gasteiger partial charge in [-0.1, -0.05) is 30.3 Å². The van der Waals surface area contributed by atoms with Crippen LogP contribution in [0.3, 0.4) is 0 Å². The van der Waals surface area contributed by atoms with Crippen molar-refractivity contribution in [1.29, 1.82) is 0 Å². The van der Waals surface area contributed by atoms with Gasteiger partial charge >= 0.3 is 5.69 Å². The van der Waals surface area contributed by atoms with Crippen LogP contribution in [0.4, 0.5) is 4.39 Å². The molecular weight excluding hydrogens is 451 g/mol. The van der Waals surface area contributed by atoms with Crippen LogP contribution in [0.25, 0.3) is 23.0 Å². The van der Waals surface area contributed by atoms with Gasteiger partial charge in [0.15, 0.2) is 11.5 Å². The molecule has 8 heteroatoms. The van der Waals surface area contributed by atoms with Crippen LogP contribution in [0.5, 0.6) is 17.2 Å². The maximum Gasteiger partial charge on any atom is 0.340 e. The van der Waals surface area contributed by atoms with Crippen LogP contribution in [0, 0.1) is 5.82 Å². The molecule has 0 saturated carbocycles. The fourth-order valence-electron chi connectivity index (χ4n) is 3.68. The van der Waals surface area contributed by atoms with Gasteiger partial charge in [0.05, 0.1) is 32.7 Å². The Morgan fingerprint density at radius 1 is 0.886 bits per heavy atom. The average molecular weight is 474 g/mol. The van der Waals surface area contributed by atoms with Gasteiger partial charge in [-0.2, -0.15) is 0 Å². The molecule has 0 N–H and O–H groups in total. The lowest BCUT2D eigenvalue weighted by Gasteiger charge is -2.14. The van der Waals surface area contributed by atoms with Gasteiger partial charge in [-0.3, -0.25) is 9.36 Å². The highest BCUT2D eigenvalue weighted by atomic mass is 19.1. The molecule has 4 rings (SSSR count). The molecule has 0 radical (unpaired) electrons. The van der Waals surface area contributed by atoms with Crippen molar-refractivity contribution in [2.45, 2.75) is 0 Å². The number of carbonyl (C=O) groups excluding carboxylic acids is 1. The van der Waals surface area contributed by atoms with Gasteiger partial charge in [-0.15, -0.1) is 0 Å². The van der Waals surface area contributed by atoms with E-state index in [2.05, 4.69) is 0 Å². The SMILES string of the molecule is COc1cc(-c2cn(-c3ccccc3)c(=O)n2C(=O)/C=C/c2ccc(F)cc2)cc(OC)c1OC. The van der Waals surface area contributed by atoms with E-state index in [-0.39, 0.29) is 5.82 Å². The number of allylic oxidation sites excluding steroid dienone is 1. The van der Waals surface area contributed by atoms with Crippen LogP contribution in [-0.4, -0.2) is 36.4 Å². The van der Waals surface area contributed by atoms with E-state index >= 15 is 0 Å². The Labute approximate surface area is 201 Å². The van der Waals surface area contributed by atoms with E-state index < -0.39 is 11.6 Å². The summed E-state index contributed by atoms with van der Waals surface area (Å²) in [5.41, 5.74) is 1.50. The quantitative estimate of drug-likeness (QED) is 0.359. The molecule has 0 aliphatic carbocycles. The van der Waals surface area contributed by atoms with Gasteiger partial charge in [0, 0.05) is 17.8 Å². The van der Waals surface area contributed by atoms with E-state index in [1.165, 1.54) is 62.3 Å². The second-order valence-corrected chi connectivity index (χ2v) is 7.48. The Hall–Kier alpha value is -4.59. The van der Waals surface area contributed by atoms with Gasteiger partial charge in [0.25, 0.3) is 5.91 Å². The van der Waals surface area contributed by atoms with E-state index in [1.807, 2.05) is 6.07 Å². The van der Waals surface area contributed by atoms with Crippen LogP contribution < -0.4 is 19.9 Å². The van der Waals surface area contributed by atoms with Crippen molar-refractivity contribution in [3.8, 4) is 34.2 Å². The van der Waals surface area contributed by atoms with Gasteiger partial charge in [-0.05, 0) is 48.0 Å². The number of methoxy groups -OCH3 is 3. The standard InChI is InChI=1S/C27H23FN2O5/c1-33-23-15-19(16-24(34-2)26(23)35-3)22-17-29(21-7-5-4-6-8-21)27(32)30(22)25(31)14-11-18-9-12-20(28)13-10-18/h4-17H,1-3H3/b14-11+. The smallest absolute Gasteiger partial charge is 0.340 e. The predicted octanol–water partition coefficient (Wildman–Crippen LogP) is 4.82. The Bertz CT molecular complexity index is 1410. The highest BCUT2D eigenvalue weighted by Gasteiger charge is 2.22. The lowest BCUT2D eigenvalue weighted by Crippen LogP contribution is -2.27. The summed E-state index contributed by atoms with van der Waals surface area (Å²) < 4.78 is 32.0. The highest BCUT2D eigenvalue weighted by molar-refractivity contribution is 5.96. The number of carbonyl (C=O) groups is 1. The van der Waals surface area contributed by atoms with Crippen LogP contribution in [0.15, 0.2) is 83.8 Å². The summed E-state index contributed by atoms with van der Waals surface area (Å²) in [6.45, 7) is 0. The predicted molar refractivity (Wildman–Crippen MR) is 131 cm³/mol. The first kappa shape index (κ1) is 23.6. The first-order valence-electron chi connectivity index (χ1n) is 10.6. The highest BCUT2D eigenvalue weighted by Crippen LogP contribution is 2.41. The minimum absolute atomic E-state index is 0.326. The zero-order valence-corrected chi connectivity index (χ0v) is 19.4. The summed E-state index contributed by atoms with van der Waals surface area (Å²) in [6.07, 6.45) is 4.38. The zero-order valence-electron chi connectivity index (χ0n) is 19.4. The largest absolute Gasteiger partial charge is 0.493 e. The van der Waals surface area contributed by atoms with Gasteiger partial charge in [0.1, 0.15) is 5.82 Å². The van der Waals surface area contributed by atoms with E-state index in [0.29, 0.717) is 39.8 Å². The van der Waals surface area contributed by atoms with E-state index in [1.54, 1.807) is 42.6 Å². The first-order chi connectivity index (χ1) is 17.0. The van der Waals surface area contributed by atoms with Crippen LogP contribution in [0.1, 0.15) is 10.4 Å². The molecule has 35 heavy (non-hydrogen) atoms. The number of aromatic nitrogens is 2. The maximum atomic E-state index is 13.4. The lowest BCUT2D eigenvalue weighted by molar-refractivity contribution is 0.0967. The minimum atomic E-state index is -0.572. The minimum Gasteiger partial charge on any atom is -0.493 e. The number of benzene rings is 3. The lowest BCUT2D eigenvalue weighted by atomic mass is 10.1. The molecule has 4 aromatic rings. The molecule has 1 aromatic heterocycles. The van der Waals surface area contributed by atoms with Gasteiger partial charge in [-0.25, -0.2) is 13.8 Å². The molecule has 0 atom stereocenters. The summed E-state index contributed by atoms with van der Waals surface area (Å²) in [4.78, 5) is 26.7. The number of hydrogen-bond acceptors (Lipinski definition) is 5. The summed E-state index contributed by atoms with van der Waals surface area (Å²) in [5.74, 6) is 0.190. The van der Waals surface area contributed by atoms with Crippen molar-refractivity contribution < 1.29 is 23.4 Å². The number of rotatable bonds is 7. The number of nitrogens with zero attached hydrogens (tertiary/aromatic N) is 2. The molecule has 0 amide bonds. The molecule has 0 aliphatic heterocycles. The summed E-state index contributed by atoms with van der Waals surface area (Å²) in [6, 6.07) is 18.0. The molecule has 0 bridgehead atoms. The molecule has 178 valence electrons. The third-order valence-electron chi connectivity index (χ3n) is 5.39. The zero-order chi connectivity index (χ0) is 24.9. The van der Waals surface area contributed by atoms with Crippen LogP contribution in [-0.2, 0) is 0 Å². The number of halogens is 1. The molecule has 0 saturated heterocycles. The molecule has 0 spiro atoms. The van der Waals surface area contributed by atoms with Crippen molar-refractivity contribution in [1.82, 2.24) is 9.13 Å². The van der Waals surface area contributed by atoms with Gasteiger partial charge in [0.2, 0.25) is 5.75 Å². The normalized spacial score (nSPS) is 11.0. The first-order valence-corrected chi connectivity index (χ1v) is 10.6. The molecule has 3 aromatic carbocycles.